The smallest absolute Gasteiger partial charge is 0.320 e. The maximum absolute atomic E-state index is 11.1. The molecule has 0 bridgehead atoms. The summed E-state index contributed by atoms with van der Waals surface area (Å²) in [4.78, 5) is 13.1. The molecule has 0 radical (unpaired) electrons. The van der Waals surface area contributed by atoms with E-state index in [2.05, 4.69) is 20.8 Å². The van der Waals surface area contributed by atoms with Gasteiger partial charge >= 0.3 is 5.97 Å². The van der Waals surface area contributed by atoms with Gasteiger partial charge in [-0.3, -0.25) is 9.69 Å². The van der Waals surface area contributed by atoms with Gasteiger partial charge in [-0.25, -0.2) is 0 Å². The van der Waals surface area contributed by atoms with E-state index in [9.17, 15) is 4.79 Å². The molecule has 14 heavy (non-hydrogen) atoms. The molecule has 0 saturated heterocycles. The average molecular weight is 201 g/mol. The van der Waals surface area contributed by atoms with Crippen molar-refractivity contribution in [3.63, 3.8) is 0 Å². The van der Waals surface area contributed by atoms with Crippen LogP contribution in [0.4, 0.5) is 0 Å². The Morgan fingerprint density at radius 1 is 1.29 bits per heavy atom. The Hall–Kier alpha value is -0.570. The average Bonchev–Trinajstić information content (AvgIpc) is 2.02. The summed E-state index contributed by atoms with van der Waals surface area (Å²) in [5, 5.41) is 9.13. The van der Waals surface area contributed by atoms with E-state index < -0.39 is 5.97 Å². The van der Waals surface area contributed by atoms with Crippen molar-refractivity contribution in [2.24, 2.45) is 5.41 Å². The topological polar surface area (TPSA) is 40.5 Å². The molecule has 84 valence electrons. The van der Waals surface area contributed by atoms with Gasteiger partial charge in [0.2, 0.25) is 0 Å². The third-order valence-electron chi connectivity index (χ3n) is 2.34. The van der Waals surface area contributed by atoms with E-state index in [1.807, 2.05) is 18.7 Å². The van der Waals surface area contributed by atoms with Crippen molar-refractivity contribution in [2.45, 2.75) is 47.1 Å². The van der Waals surface area contributed by atoms with Crippen molar-refractivity contribution in [1.82, 2.24) is 4.90 Å². The summed E-state index contributed by atoms with van der Waals surface area (Å²) in [5.74, 6) is -0.705. The third kappa shape index (κ3) is 4.61. The van der Waals surface area contributed by atoms with Crippen LogP contribution in [0.25, 0.3) is 0 Å². The van der Waals surface area contributed by atoms with Gasteiger partial charge in [0.1, 0.15) is 6.04 Å². The molecule has 0 aromatic heterocycles. The van der Waals surface area contributed by atoms with Crippen LogP contribution in [0, 0.1) is 5.41 Å². The Kier molecular flexibility index (Phi) is 5.13. The molecule has 3 nitrogen and oxygen atoms in total. The van der Waals surface area contributed by atoms with Gasteiger partial charge in [-0.15, -0.1) is 0 Å². The first-order valence-corrected chi connectivity index (χ1v) is 5.28. The van der Waals surface area contributed by atoms with Crippen LogP contribution in [0.1, 0.15) is 41.0 Å². The van der Waals surface area contributed by atoms with Crippen molar-refractivity contribution in [3.8, 4) is 0 Å². The summed E-state index contributed by atoms with van der Waals surface area (Å²) in [6.45, 7) is 11.8. The zero-order valence-electron chi connectivity index (χ0n) is 10.0. The second-order valence-corrected chi connectivity index (χ2v) is 4.84. The Bertz CT molecular complexity index is 180. The lowest BCUT2D eigenvalue weighted by molar-refractivity contribution is -0.144. The number of hydrogen-bond donors (Lipinski definition) is 1. The molecule has 1 atom stereocenters. The van der Waals surface area contributed by atoms with E-state index in [0.29, 0.717) is 6.42 Å². The molecule has 0 spiro atoms. The van der Waals surface area contributed by atoms with E-state index >= 15 is 0 Å². The maximum atomic E-state index is 11.1. The quantitative estimate of drug-likeness (QED) is 0.741. The van der Waals surface area contributed by atoms with E-state index in [1.54, 1.807) is 0 Å². The normalized spacial score (nSPS) is 14.4. The van der Waals surface area contributed by atoms with Crippen LogP contribution < -0.4 is 0 Å². The van der Waals surface area contributed by atoms with E-state index in [1.165, 1.54) is 0 Å². The summed E-state index contributed by atoms with van der Waals surface area (Å²) in [7, 11) is 0. The third-order valence-corrected chi connectivity index (χ3v) is 2.34. The first kappa shape index (κ1) is 13.4. The van der Waals surface area contributed by atoms with Crippen molar-refractivity contribution >= 4 is 5.97 Å². The van der Waals surface area contributed by atoms with Crippen LogP contribution in [-0.2, 0) is 4.79 Å². The Morgan fingerprint density at radius 2 is 1.71 bits per heavy atom. The Labute approximate surface area is 87.1 Å². The number of carbonyl (C=O) groups is 1. The minimum absolute atomic E-state index is 0.0612. The van der Waals surface area contributed by atoms with Crippen molar-refractivity contribution < 1.29 is 9.90 Å². The minimum atomic E-state index is -0.705. The van der Waals surface area contributed by atoms with E-state index in [4.69, 9.17) is 5.11 Å². The zero-order valence-corrected chi connectivity index (χ0v) is 10.0. The van der Waals surface area contributed by atoms with Crippen LogP contribution in [-0.4, -0.2) is 35.1 Å². The molecule has 0 aromatic carbocycles. The summed E-state index contributed by atoms with van der Waals surface area (Å²) in [5.41, 5.74) is 0.0612. The SMILES string of the molecule is CCN(CC)C(CC(C)(C)C)C(=O)O. The van der Waals surface area contributed by atoms with Gasteiger partial charge in [0.15, 0.2) is 0 Å². The second kappa shape index (κ2) is 5.35. The van der Waals surface area contributed by atoms with Crippen LogP contribution >= 0.6 is 0 Å². The second-order valence-electron chi connectivity index (χ2n) is 4.84. The maximum Gasteiger partial charge on any atom is 0.320 e. The first-order valence-electron chi connectivity index (χ1n) is 5.28. The molecule has 3 heteroatoms. The molecule has 0 aromatic rings. The first-order chi connectivity index (χ1) is 6.31. The standard InChI is InChI=1S/C11H23NO2/c1-6-12(7-2)9(10(13)14)8-11(3,4)5/h9H,6-8H2,1-5H3,(H,13,14). The van der Waals surface area contributed by atoms with Gasteiger partial charge in [-0.1, -0.05) is 34.6 Å². The number of likely N-dealkylation sites (N-methyl/N-ethyl adjacent to an activating group) is 1. The van der Waals surface area contributed by atoms with Gasteiger partial charge in [-0.2, -0.15) is 0 Å². The molecule has 1 N–H and O–H groups in total. The van der Waals surface area contributed by atoms with Crippen LogP contribution in [0.15, 0.2) is 0 Å². The number of nitrogens with zero attached hydrogens (tertiary/aromatic N) is 1. The molecule has 1 unspecified atom stereocenters. The lowest BCUT2D eigenvalue weighted by atomic mass is 9.87. The van der Waals surface area contributed by atoms with Gasteiger partial charge in [0.05, 0.1) is 0 Å². The molecule has 0 heterocycles. The number of rotatable bonds is 5. The number of carboxylic acid groups (broad SMARTS) is 1. The molecule has 0 aliphatic rings. The summed E-state index contributed by atoms with van der Waals surface area (Å²) in [6.07, 6.45) is 0.698. The highest BCUT2D eigenvalue weighted by molar-refractivity contribution is 5.73. The molecular formula is C11H23NO2. The lowest BCUT2D eigenvalue weighted by Crippen LogP contribution is -2.43. The molecule has 0 rings (SSSR count). The Balaban J connectivity index is 4.51. The van der Waals surface area contributed by atoms with Crippen molar-refractivity contribution in [2.75, 3.05) is 13.1 Å². The van der Waals surface area contributed by atoms with Gasteiger partial charge in [-0.05, 0) is 24.9 Å². The monoisotopic (exact) mass is 201 g/mol. The molecular weight excluding hydrogens is 178 g/mol. The fraction of sp³-hybridized carbons (Fsp3) is 0.909. The minimum Gasteiger partial charge on any atom is -0.480 e. The number of aliphatic carboxylic acids is 1. The highest BCUT2D eigenvalue weighted by Gasteiger charge is 2.28. The zero-order chi connectivity index (χ0) is 11.4. The lowest BCUT2D eigenvalue weighted by Gasteiger charge is -2.31. The van der Waals surface area contributed by atoms with Crippen LogP contribution in [0.3, 0.4) is 0 Å². The predicted molar refractivity (Wildman–Crippen MR) is 58.4 cm³/mol. The molecule has 0 amide bonds. The fourth-order valence-electron chi connectivity index (χ4n) is 1.62. The van der Waals surface area contributed by atoms with Crippen molar-refractivity contribution in [3.05, 3.63) is 0 Å². The van der Waals surface area contributed by atoms with E-state index in [0.717, 1.165) is 13.1 Å². The largest absolute Gasteiger partial charge is 0.480 e. The summed E-state index contributed by atoms with van der Waals surface area (Å²) >= 11 is 0. The predicted octanol–water partition coefficient (Wildman–Crippen LogP) is 2.22. The number of carboxylic acids is 1. The molecule has 0 aliphatic carbocycles. The van der Waals surface area contributed by atoms with E-state index in [-0.39, 0.29) is 11.5 Å². The highest BCUT2D eigenvalue weighted by Crippen LogP contribution is 2.23. The summed E-state index contributed by atoms with van der Waals surface area (Å²) < 4.78 is 0. The molecule has 0 saturated carbocycles. The number of hydrogen-bond acceptors (Lipinski definition) is 2. The van der Waals surface area contributed by atoms with Crippen LogP contribution in [0.2, 0.25) is 0 Å². The fourth-order valence-corrected chi connectivity index (χ4v) is 1.62. The molecule has 0 aliphatic heterocycles. The van der Waals surface area contributed by atoms with Crippen LogP contribution in [0.5, 0.6) is 0 Å². The van der Waals surface area contributed by atoms with Gasteiger partial charge < -0.3 is 5.11 Å². The highest BCUT2D eigenvalue weighted by atomic mass is 16.4. The van der Waals surface area contributed by atoms with Crippen molar-refractivity contribution in [1.29, 1.82) is 0 Å². The Morgan fingerprint density at radius 3 is 1.93 bits per heavy atom. The molecule has 0 fully saturated rings. The van der Waals surface area contributed by atoms with Gasteiger partial charge in [0, 0.05) is 0 Å². The summed E-state index contributed by atoms with van der Waals surface area (Å²) in [6, 6.07) is -0.343. The van der Waals surface area contributed by atoms with Gasteiger partial charge in [0.25, 0.3) is 0 Å².